The van der Waals surface area contributed by atoms with Gasteiger partial charge in [-0.15, -0.1) is 11.3 Å². The van der Waals surface area contributed by atoms with Crippen molar-refractivity contribution in [3.8, 4) is 0 Å². The molecule has 0 bridgehead atoms. The molecule has 5 nitrogen and oxygen atoms in total. The molecule has 1 unspecified atom stereocenters. The van der Waals surface area contributed by atoms with Crippen LogP contribution >= 0.6 is 11.3 Å². The van der Waals surface area contributed by atoms with Gasteiger partial charge in [0.05, 0.1) is 5.01 Å². The number of carbonyl (C=O) groups excluding carboxylic acids is 1. The standard InChI is InChI=1S/C16H27N3O2S/c1-13-12-22-15(18-13)7-2-4-9-17-16(21)19-10-5-3-6-14(19)8-11-20/h12,14,20H,2-11H2,1H3,(H,17,21). The van der Waals surface area contributed by atoms with E-state index < -0.39 is 0 Å². The predicted octanol–water partition coefficient (Wildman–Crippen LogP) is 2.72. The average Bonchev–Trinajstić information content (AvgIpc) is 2.93. The molecule has 0 saturated carbocycles. The van der Waals surface area contributed by atoms with Crippen LogP contribution < -0.4 is 5.32 Å². The quantitative estimate of drug-likeness (QED) is 0.758. The number of rotatable bonds is 7. The van der Waals surface area contributed by atoms with E-state index in [-0.39, 0.29) is 18.7 Å². The molecule has 1 aromatic rings. The molecule has 1 saturated heterocycles. The number of nitrogens with one attached hydrogen (secondary N) is 1. The molecule has 124 valence electrons. The molecule has 0 radical (unpaired) electrons. The maximum atomic E-state index is 12.2. The summed E-state index contributed by atoms with van der Waals surface area (Å²) in [6.07, 6.45) is 6.94. The van der Waals surface area contributed by atoms with Gasteiger partial charge in [-0.2, -0.15) is 0 Å². The van der Waals surface area contributed by atoms with Gasteiger partial charge >= 0.3 is 6.03 Å². The van der Waals surface area contributed by atoms with E-state index in [0.29, 0.717) is 13.0 Å². The number of unbranched alkanes of at least 4 members (excludes halogenated alkanes) is 1. The van der Waals surface area contributed by atoms with Crippen molar-refractivity contribution in [1.29, 1.82) is 0 Å². The predicted molar refractivity (Wildman–Crippen MR) is 89.2 cm³/mol. The fourth-order valence-electron chi connectivity index (χ4n) is 2.93. The van der Waals surface area contributed by atoms with E-state index in [2.05, 4.69) is 15.7 Å². The van der Waals surface area contributed by atoms with Crippen molar-refractivity contribution in [2.45, 2.75) is 57.9 Å². The lowest BCUT2D eigenvalue weighted by atomic mass is 10.0. The summed E-state index contributed by atoms with van der Waals surface area (Å²) < 4.78 is 0. The molecule has 1 aliphatic heterocycles. The van der Waals surface area contributed by atoms with Crippen LogP contribution in [0.2, 0.25) is 0 Å². The minimum atomic E-state index is 0.0308. The Morgan fingerprint density at radius 3 is 3.09 bits per heavy atom. The largest absolute Gasteiger partial charge is 0.396 e. The van der Waals surface area contributed by atoms with Crippen molar-refractivity contribution in [2.24, 2.45) is 0 Å². The molecular formula is C16H27N3O2S. The van der Waals surface area contributed by atoms with Gasteiger partial charge in [0.2, 0.25) is 0 Å². The second-order valence-electron chi connectivity index (χ2n) is 5.93. The first-order chi connectivity index (χ1) is 10.7. The second kappa shape index (κ2) is 9.10. The first-order valence-corrected chi connectivity index (χ1v) is 9.15. The van der Waals surface area contributed by atoms with E-state index in [9.17, 15) is 4.79 Å². The highest BCUT2D eigenvalue weighted by molar-refractivity contribution is 7.09. The van der Waals surface area contributed by atoms with Crippen LogP contribution in [0, 0.1) is 6.92 Å². The Bertz CT molecular complexity index is 462. The molecule has 2 N–H and O–H groups in total. The van der Waals surface area contributed by atoms with Crippen LogP contribution in [0.4, 0.5) is 4.79 Å². The number of hydrogen-bond donors (Lipinski definition) is 2. The van der Waals surface area contributed by atoms with Crippen molar-refractivity contribution in [1.82, 2.24) is 15.2 Å². The topological polar surface area (TPSA) is 65.5 Å². The Balaban J connectivity index is 1.64. The summed E-state index contributed by atoms with van der Waals surface area (Å²) in [6.45, 7) is 3.70. The Morgan fingerprint density at radius 1 is 1.50 bits per heavy atom. The van der Waals surface area contributed by atoms with E-state index in [1.54, 1.807) is 11.3 Å². The van der Waals surface area contributed by atoms with Crippen molar-refractivity contribution in [3.63, 3.8) is 0 Å². The third kappa shape index (κ3) is 5.25. The van der Waals surface area contributed by atoms with Crippen LogP contribution in [0.5, 0.6) is 0 Å². The molecule has 6 heteroatoms. The molecule has 1 fully saturated rings. The molecule has 0 spiro atoms. The number of aliphatic hydroxyl groups is 1. The third-order valence-corrected chi connectivity index (χ3v) is 5.14. The number of aliphatic hydroxyl groups excluding tert-OH is 1. The smallest absolute Gasteiger partial charge is 0.317 e. The summed E-state index contributed by atoms with van der Waals surface area (Å²) in [5, 5.41) is 15.4. The first kappa shape index (κ1) is 17.2. The lowest BCUT2D eigenvalue weighted by Gasteiger charge is -2.35. The van der Waals surface area contributed by atoms with Crippen LogP contribution in [0.25, 0.3) is 0 Å². The lowest BCUT2D eigenvalue weighted by molar-refractivity contribution is 0.132. The minimum Gasteiger partial charge on any atom is -0.396 e. The number of nitrogens with zero attached hydrogens (tertiary/aromatic N) is 2. The van der Waals surface area contributed by atoms with Gasteiger partial charge < -0.3 is 15.3 Å². The first-order valence-electron chi connectivity index (χ1n) is 8.27. The summed E-state index contributed by atoms with van der Waals surface area (Å²) in [5.74, 6) is 0. The zero-order valence-electron chi connectivity index (χ0n) is 13.4. The number of piperidine rings is 1. The fraction of sp³-hybridized carbons (Fsp3) is 0.750. The monoisotopic (exact) mass is 325 g/mol. The molecule has 1 aromatic heterocycles. The molecule has 2 heterocycles. The SMILES string of the molecule is Cc1csc(CCCCNC(=O)N2CCCCC2CCO)n1. The Morgan fingerprint density at radius 2 is 2.36 bits per heavy atom. The van der Waals surface area contributed by atoms with Crippen molar-refractivity contribution in [3.05, 3.63) is 16.1 Å². The van der Waals surface area contributed by atoms with Gasteiger partial charge in [-0.25, -0.2) is 9.78 Å². The van der Waals surface area contributed by atoms with Gasteiger partial charge in [0.1, 0.15) is 0 Å². The average molecular weight is 325 g/mol. The van der Waals surface area contributed by atoms with Crippen molar-refractivity contribution < 1.29 is 9.90 Å². The van der Waals surface area contributed by atoms with Crippen molar-refractivity contribution >= 4 is 17.4 Å². The van der Waals surface area contributed by atoms with Crippen LogP contribution in [-0.4, -0.2) is 46.8 Å². The summed E-state index contributed by atoms with van der Waals surface area (Å²) in [4.78, 5) is 18.6. The molecule has 2 rings (SSSR count). The zero-order valence-corrected chi connectivity index (χ0v) is 14.2. The van der Waals surface area contributed by atoms with Crippen LogP contribution in [0.15, 0.2) is 5.38 Å². The third-order valence-electron chi connectivity index (χ3n) is 4.11. The van der Waals surface area contributed by atoms with E-state index in [0.717, 1.165) is 50.8 Å². The van der Waals surface area contributed by atoms with Gasteiger partial charge in [0, 0.05) is 36.8 Å². The fourth-order valence-corrected chi connectivity index (χ4v) is 3.75. The Hall–Kier alpha value is -1.14. The molecular weight excluding hydrogens is 298 g/mol. The highest BCUT2D eigenvalue weighted by Crippen LogP contribution is 2.19. The van der Waals surface area contributed by atoms with Gasteiger partial charge in [-0.1, -0.05) is 0 Å². The summed E-state index contributed by atoms with van der Waals surface area (Å²) in [6, 6.07) is 0.236. The van der Waals surface area contributed by atoms with Gasteiger partial charge in [0.15, 0.2) is 0 Å². The van der Waals surface area contributed by atoms with Gasteiger partial charge in [-0.3, -0.25) is 0 Å². The summed E-state index contributed by atoms with van der Waals surface area (Å²) >= 11 is 1.71. The van der Waals surface area contributed by atoms with E-state index >= 15 is 0 Å². The Labute approximate surface area is 136 Å². The van der Waals surface area contributed by atoms with E-state index in [1.165, 1.54) is 5.01 Å². The number of thiazole rings is 1. The number of aryl methyl sites for hydroxylation is 2. The van der Waals surface area contributed by atoms with Crippen molar-refractivity contribution in [2.75, 3.05) is 19.7 Å². The normalized spacial score (nSPS) is 18.5. The molecule has 2 amide bonds. The Kier molecular flexibility index (Phi) is 7.12. The lowest BCUT2D eigenvalue weighted by Crippen LogP contribution is -2.49. The molecule has 0 aliphatic carbocycles. The highest BCUT2D eigenvalue weighted by Gasteiger charge is 2.25. The number of carbonyl (C=O) groups is 1. The number of likely N-dealkylation sites (tertiary alicyclic amines) is 1. The van der Waals surface area contributed by atoms with Gasteiger partial charge in [0.25, 0.3) is 0 Å². The van der Waals surface area contributed by atoms with Gasteiger partial charge in [-0.05, 0) is 51.9 Å². The molecule has 1 atom stereocenters. The molecule has 22 heavy (non-hydrogen) atoms. The second-order valence-corrected chi connectivity index (χ2v) is 6.87. The zero-order chi connectivity index (χ0) is 15.8. The molecule has 1 aliphatic rings. The maximum absolute atomic E-state index is 12.2. The van der Waals surface area contributed by atoms with Crippen LogP contribution in [0.3, 0.4) is 0 Å². The summed E-state index contributed by atoms with van der Waals surface area (Å²) in [7, 11) is 0. The van der Waals surface area contributed by atoms with Crippen LogP contribution in [0.1, 0.15) is 49.2 Å². The number of hydrogen-bond acceptors (Lipinski definition) is 4. The van der Waals surface area contributed by atoms with Crippen LogP contribution in [-0.2, 0) is 6.42 Å². The maximum Gasteiger partial charge on any atom is 0.317 e. The number of aromatic nitrogens is 1. The minimum absolute atomic E-state index is 0.0308. The summed E-state index contributed by atoms with van der Waals surface area (Å²) in [5.41, 5.74) is 1.09. The van der Waals surface area contributed by atoms with E-state index in [4.69, 9.17) is 5.11 Å². The number of urea groups is 1. The van der Waals surface area contributed by atoms with E-state index in [1.807, 2.05) is 11.8 Å². The number of amides is 2. The highest BCUT2D eigenvalue weighted by atomic mass is 32.1. The molecule has 0 aromatic carbocycles.